The minimum Gasteiger partial charge on any atom is -0.489 e. The third-order valence-electron chi connectivity index (χ3n) is 5.46. The van der Waals surface area contributed by atoms with Gasteiger partial charge in [0.1, 0.15) is 23.9 Å². The number of carbonyl (C=O) groups is 1. The van der Waals surface area contributed by atoms with Crippen molar-refractivity contribution in [2.75, 3.05) is 5.73 Å². The molecule has 190 valence electrons. The smallest absolute Gasteiger partial charge is 0.294 e. The first-order valence-corrected chi connectivity index (χ1v) is 11.4. The van der Waals surface area contributed by atoms with Crippen LogP contribution < -0.4 is 15.9 Å². The van der Waals surface area contributed by atoms with Gasteiger partial charge in [0, 0.05) is 5.56 Å². The summed E-state index contributed by atoms with van der Waals surface area (Å²) in [5.41, 5.74) is 11.9. The molecule has 0 radical (unpaired) electrons. The van der Waals surface area contributed by atoms with Crippen LogP contribution in [0.25, 0.3) is 17.1 Å². The van der Waals surface area contributed by atoms with Gasteiger partial charge in [0.2, 0.25) is 11.6 Å². The number of rotatable bonds is 8. The molecule has 0 fully saturated rings. The second kappa shape index (κ2) is 10.7. The van der Waals surface area contributed by atoms with E-state index in [1.807, 2.05) is 31.2 Å². The minimum atomic E-state index is -0.596. The molecule has 3 N–H and O–H groups in total. The Kier molecular flexibility index (Phi) is 6.85. The van der Waals surface area contributed by atoms with Crippen LogP contribution in [0.2, 0.25) is 0 Å². The van der Waals surface area contributed by atoms with Crippen LogP contribution in [0, 0.1) is 12.7 Å². The monoisotopic (exact) mass is 512 g/mol. The van der Waals surface area contributed by atoms with E-state index < -0.39 is 5.91 Å². The fourth-order valence-corrected chi connectivity index (χ4v) is 3.54. The van der Waals surface area contributed by atoms with Gasteiger partial charge in [-0.05, 0) is 52.6 Å². The van der Waals surface area contributed by atoms with Gasteiger partial charge in [-0.25, -0.2) is 14.4 Å². The number of nitrogen functional groups attached to an aromatic ring is 1. The summed E-state index contributed by atoms with van der Waals surface area (Å²) in [5.74, 6) is -0.209. The van der Waals surface area contributed by atoms with E-state index in [1.165, 1.54) is 23.0 Å². The van der Waals surface area contributed by atoms with Crippen molar-refractivity contribution in [1.29, 1.82) is 0 Å². The Bertz CT molecular complexity index is 1590. The average Bonchev–Trinajstić information content (AvgIpc) is 3.55. The molecule has 0 saturated carbocycles. The first-order valence-electron chi connectivity index (χ1n) is 11.4. The van der Waals surface area contributed by atoms with E-state index in [4.69, 9.17) is 10.5 Å². The lowest BCUT2D eigenvalue weighted by Crippen LogP contribution is -2.19. The first kappa shape index (κ1) is 24.3. The van der Waals surface area contributed by atoms with Crippen LogP contribution in [-0.4, -0.2) is 37.4 Å². The largest absolute Gasteiger partial charge is 0.489 e. The number of anilines is 1. The summed E-state index contributed by atoms with van der Waals surface area (Å²) in [4.78, 5) is 13.0. The van der Waals surface area contributed by atoms with Crippen LogP contribution in [0.1, 0.15) is 27.2 Å². The van der Waals surface area contributed by atoms with Gasteiger partial charge in [-0.3, -0.25) is 4.79 Å². The molecule has 2 aromatic heterocycles. The number of hydrogen-bond acceptors (Lipinski definition) is 9. The van der Waals surface area contributed by atoms with Crippen molar-refractivity contribution in [3.05, 3.63) is 101 Å². The molecule has 5 rings (SSSR count). The molecule has 0 bridgehead atoms. The maximum absolute atomic E-state index is 13.1. The second-order valence-electron chi connectivity index (χ2n) is 8.22. The predicted octanol–water partition coefficient (Wildman–Crippen LogP) is 3.69. The number of halogens is 1. The lowest BCUT2D eigenvalue weighted by atomic mass is 10.1. The van der Waals surface area contributed by atoms with E-state index >= 15 is 0 Å². The van der Waals surface area contributed by atoms with Gasteiger partial charge in [-0.1, -0.05) is 59.3 Å². The number of carbonyl (C=O) groups excluding carboxylic acids is 1. The van der Waals surface area contributed by atoms with Gasteiger partial charge >= 0.3 is 0 Å². The van der Waals surface area contributed by atoms with Gasteiger partial charge in [0.05, 0.1) is 6.21 Å². The number of ether oxygens (including phenoxy) is 1. The highest BCUT2D eigenvalue weighted by Crippen LogP contribution is 2.26. The number of hydrazone groups is 1. The Labute approximate surface area is 215 Å². The van der Waals surface area contributed by atoms with Gasteiger partial charge in [0.15, 0.2) is 5.69 Å². The highest BCUT2D eigenvalue weighted by molar-refractivity contribution is 5.98. The van der Waals surface area contributed by atoms with Crippen molar-refractivity contribution in [2.24, 2.45) is 5.10 Å². The number of hydrogen-bond donors (Lipinski definition) is 2. The van der Waals surface area contributed by atoms with Gasteiger partial charge in [-0.15, -0.1) is 5.10 Å². The number of nitrogens with zero attached hydrogens (tertiary/aromatic N) is 6. The summed E-state index contributed by atoms with van der Waals surface area (Å²) < 4.78 is 24.8. The Hall–Kier alpha value is -5.39. The van der Waals surface area contributed by atoms with Gasteiger partial charge in [0.25, 0.3) is 5.91 Å². The molecule has 0 aliphatic carbocycles. The van der Waals surface area contributed by atoms with E-state index in [0.717, 1.165) is 11.1 Å². The SMILES string of the molecule is Cc1ccc(-c2c(C(=O)N/N=C/c3cccc(OCc4ccc(F)cc4)c3)nnn2-c2nonc2N)cc1. The predicted molar refractivity (Wildman–Crippen MR) is 136 cm³/mol. The zero-order valence-electron chi connectivity index (χ0n) is 20.1. The lowest BCUT2D eigenvalue weighted by Gasteiger charge is -2.07. The molecule has 0 aliphatic heterocycles. The minimum absolute atomic E-state index is 0.00443. The molecule has 0 saturated heterocycles. The molecule has 38 heavy (non-hydrogen) atoms. The van der Waals surface area contributed by atoms with Gasteiger partial charge in [-0.2, -0.15) is 9.78 Å². The molecule has 3 aromatic carbocycles. The maximum Gasteiger partial charge on any atom is 0.294 e. The topological polar surface area (TPSA) is 146 Å². The van der Waals surface area contributed by atoms with Crippen molar-refractivity contribution < 1.29 is 18.6 Å². The first-order chi connectivity index (χ1) is 18.5. The van der Waals surface area contributed by atoms with Crippen molar-refractivity contribution in [3.8, 4) is 22.8 Å². The number of benzene rings is 3. The Morgan fingerprint density at radius 1 is 1.13 bits per heavy atom. The molecular weight excluding hydrogens is 491 g/mol. The van der Waals surface area contributed by atoms with Crippen LogP contribution in [-0.2, 0) is 6.61 Å². The van der Waals surface area contributed by atoms with Crippen molar-refractivity contribution in [3.63, 3.8) is 0 Å². The molecule has 0 spiro atoms. The Morgan fingerprint density at radius 2 is 1.92 bits per heavy atom. The van der Waals surface area contributed by atoms with Crippen LogP contribution in [0.4, 0.5) is 10.2 Å². The number of nitrogens with two attached hydrogens (primary N) is 1. The highest BCUT2D eigenvalue weighted by atomic mass is 19.1. The van der Waals surface area contributed by atoms with E-state index in [0.29, 0.717) is 22.6 Å². The van der Waals surface area contributed by atoms with Crippen LogP contribution in [0.5, 0.6) is 5.75 Å². The molecule has 12 heteroatoms. The second-order valence-corrected chi connectivity index (χ2v) is 8.22. The quantitative estimate of drug-likeness (QED) is 0.236. The number of nitrogens with one attached hydrogen (secondary N) is 1. The summed E-state index contributed by atoms with van der Waals surface area (Å²) >= 11 is 0. The third-order valence-corrected chi connectivity index (χ3v) is 5.46. The molecule has 1 amide bonds. The molecule has 0 atom stereocenters. The summed E-state index contributed by atoms with van der Waals surface area (Å²) in [6.07, 6.45) is 1.47. The summed E-state index contributed by atoms with van der Waals surface area (Å²) in [6.45, 7) is 2.23. The van der Waals surface area contributed by atoms with Crippen LogP contribution in [0.15, 0.2) is 82.5 Å². The molecule has 0 unspecified atom stereocenters. The summed E-state index contributed by atoms with van der Waals surface area (Å²) in [5, 5.41) is 19.5. The standard InChI is InChI=1S/C26H21FN8O3/c1-16-5-9-19(10-6-16)23-22(30-34-35(23)25-24(28)32-38-33-25)26(36)31-29-14-18-3-2-4-21(13-18)37-15-17-7-11-20(27)12-8-17/h2-14H,15H2,1H3,(H2,28,32)(H,31,36)/b29-14+. The van der Waals surface area contributed by atoms with Crippen molar-refractivity contribution >= 4 is 17.9 Å². The number of aromatic nitrogens is 5. The van der Waals surface area contributed by atoms with Crippen molar-refractivity contribution in [2.45, 2.75) is 13.5 Å². The molecule has 5 aromatic rings. The zero-order chi connectivity index (χ0) is 26.5. The fraction of sp³-hybridized carbons (Fsp3) is 0.0769. The number of amides is 1. The third kappa shape index (κ3) is 5.38. The number of aryl methyl sites for hydroxylation is 1. The average molecular weight is 513 g/mol. The molecule has 2 heterocycles. The van der Waals surface area contributed by atoms with Crippen molar-refractivity contribution in [1.82, 2.24) is 30.7 Å². The Morgan fingerprint density at radius 3 is 2.66 bits per heavy atom. The zero-order valence-corrected chi connectivity index (χ0v) is 20.1. The van der Waals surface area contributed by atoms with E-state index in [9.17, 15) is 9.18 Å². The summed E-state index contributed by atoms with van der Waals surface area (Å²) in [7, 11) is 0. The molecule has 11 nitrogen and oxygen atoms in total. The normalized spacial score (nSPS) is 11.1. The molecular formula is C26H21FN8O3. The van der Waals surface area contributed by atoms with E-state index in [1.54, 1.807) is 36.4 Å². The lowest BCUT2D eigenvalue weighted by molar-refractivity contribution is 0.0950. The maximum atomic E-state index is 13.1. The van der Waals surface area contributed by atoms with E-state index in [2.05, 4.69) is 35.8 Å². The van der Waals surface area contributed by atoms with E-state index in [-0.39, 0.29) is 29.8 Å². The molecule has 0 aliphatic rings. The van der Waals surface area contributed by atoms with Crippen LogP contribution >= 0.6 is 0 Å². The van der Waals surface area contributed by atoms with Gasteiger partial charge < -0.3 is 10.5 Å². The fourth-order valence-electron chi connectivity index (χ4n) is 3.54. The highest BCUT2D eigenvalue weighted by Gasteiger charge is 2.25. The Balaban J connectivity index is 1.32. The van der Waals surface area contributed by atoms with Crippen LogP contribution in [0.3, 0.4) is 0 Å². The summed E-state index contributed by atoms with van der Waals surface area (Å²) in [6, 6.07) is 20.6.